The van der Waals surface area contributed by atoms with E-state index in [9.17, 15) is 0 Å². The van der Waals surface area contributed by atoms with Gasteiger partial charge in [0, 0.05) is 80.8 Å². The number of anilines is 4. The average Bonchev–Trinajstić information content (AvgIpc) is 3.61. The molecule has 0 N–H and O–H groups in total. The lowest BCUT2D eigenvalue weighted by Gasteiger charge is -2.36. The van der Waals surface area contributed by atoms with Gasteiger partial charge in [0.05, 0.1) is 27.4 Å². The summed E-state index contributed by atoms with van der Waals surface area (Å²) in [4.78, 5) is 9.32. The predicted molar refractivity (Wildman–Crippen MR) is 277 cm³/mol. The standard InChI is InChI=1S/C59H62N4O3/c1-8-20-47(21-9-2)61(54-28-17-31-57(42-54)64-5)46(4)35-34-45(3)60(52-38-40-53(41-39-52)63(49-24-14-11-15-25-49)56-30-19-33-59(44-56)66-7)50-26-16-27-51(37-36-50)62(48-22-12-10-13-23-48)55-29-18-32-58(43-55)65-6/h8-10,12-14,17-40,42-44,53H,1,11,15-16,41H2,2-7H3/b21-9-,45-34+,46-35+,47-20+. The van der Waals surface area contributed by atoms with Crippen molar-refractivity contribution >= 4 is 22.7 Å². The number of hydrogen-bond acceptors (Lipinski definition) is 7. The molecule has 0 aliphatic heterocycles. The van der Waals surface area contributed by atoms with E-state index in [1.165, 1.54) is 5.70 Å². The maximum Gasteiger partial charge on any atom is 0.120 e. The van der Waals surface area contributed by atoms with E-state index in [0.717, 1.165) is 99.9 Å². The van der Waals surface area contributed by atoms with Gasteiger partial charge in [0.15, 0.2) is 0 Å². The number of methoxy groups -OCH3 is 3. The van der Waals surface area contributed by atoms with Crippen LogP contribution in [0.3, 0.4) is 0 Å². The van der Waals surface area contributed by atoms with E-state index in [1.807, 2.05) is 55.5 Å². The Morgan fingerprint density at radius 1 is 0.591 bits per heavy atom. The van der Waals surface area contributed by atoms with Gasteiger partial charge in [0.2, 0.25) is 0 Å². The molecule has 0 radical (unpaired) electrons. The zero-order chi connectivity index (χ0) is 46.3. The van der Waals surface area contributed by atoms with Crippen LogP contribution in [0.15, 0.2) is 247 Å². The molecule has 0 fully saturated rings. The van der Waals surface area contributed by atoms with Gasteiger partial charge in [-0.25, -0.2) is 0 Å². The second-order valence-electron chi connectivity index (χ2n) is 16.0. The predicted octanol–water partition coefficient (Wildman–Crippen LogP) is 14.8. The third-order valence-electron chi connectivity index (χ3n) is 11.6. The van der Waals surface area contributed by atoms with Crippen LogP contribution in [0, 0.1) is 0 Å². The fraction of sp³-hybridized carbons (Fsp3) is 0.186. The van der Waals surface area contributed by atoms with Gasteiger partial charge in [-0.2, -0.15) is 0 Å². The molecule has 0 saturated carbocycles. The van der Waals surface area contributed by atoms with Crippen molar-refractivity contribution in [1.29, 1.82) is 0 Å². The number of hydrogen-bond donors (Lipinski definition) is 0. The maximum absolute atomic E-state index is 5.69. The van der Waals surface area contributed by atoms with E-state index < -0.39 is 0 Å². The van der Waals surface area contributed by atoms with Gasteiger partial charge >= 0.3 is 0 Å². The minimum atomic E-state index is 0.0930. The summed E-state index contributed by atoms with van der Waals surface area (Å²) >= 11 is 0. The monoisotopic (exact) mass is 874 g/mol. The van der Waals surface area contributed by atoms with Crippen molar-refractivity contribution in [2.75, 3.05) is 36.0 Å². The minimum absolute atomic E-state index is 0.0930. The van der Waals surface area contributed by atoms with E-state index in [2.05, 4.69) is 192 Å². The molecule has 0 heterocycles. The van der Waals surface area contributed by atoms with Crippen LogP contribution >= 0.6 is 0 Å². The highest BCUT2D eigenvalue weighted by Gasteiger charge is 2.25. The Morgan fingerprint density at radius 3 is 1.83 bits per heavy atom. The van der Waals surface area contributed by atoms with Crippen molar-refractivity contribution in [3.05, 3.63) is 247 Å². The van der Waals surface area contributed by atoms with E-state index in [1.54, 1.807) is 21.3 Å². The quantitative estimate of drug-likeness (QED) is 0.0922. The van der Waals surface area contributed by atoms with E-state index in [-0.39, 0.29) is 6.04 Å². The van der Waals surface area contributed by atoms with E-state index in [0.29, 0.717) is 0 Å². The van der Waals surface area contributed by atoms with Crippen molar-refractivity contribution in [1.82, 2.24) is 4.90 Å². The lowest BCUT2D eigenvalue weighted by molar-refractivity contribution is 0.414. The first kappa shape index (κ1) is 46.4. The molecule has 336 valence electrons. The van der Waals surface area contributed by atoms with Crippen molar-refractivity contribution in [2.45, 2.75) is 52.5 Å². The van der Waals surface area contributed by atoms with Crippen LogP contribution in [0.2, 0.25) is 0 Å². The van der Waals surface area contributed by atoms with Crippen LogP contribution in [-0.2, 0) is 0 Å². The first-order valence-electron chi connectivity index (χ1n) is 22.7. The van der Waals surface area contributed by atoms with Gasteiger partial charge in [-0.1, -0.05) is 91.6 Å². The Kier molecular flexibility index (Phi) is 16.0. The fourth-order valence-corrected chi connectivity index (χ4v) is 8.49. The summed E-state index contributed by atoms with van der Waals surface area (Å²) in [6, 6.07) is 35.3. The number of para-hydroxylation sites is 1. The van der Waals surface area contributed by atoms with Crippen molar-refractivity contribution in [2.24, 2.45) is 0 Å². The minimum Gasteiger partial charge on any atom is -0.497 e. The molecular weight excluding hydrogens is 813 g/mol. The van der Waals surface area contributed by atoms with Crippen molar-refractivity contribution < 1.29 is 14.2 Å². The number of benzene rings is 4. The molecule has 7 rings (SSSR count). The second-order valence-corrected chi connectivity index (χ2v) is 16.0. The third kappa shape index (κ3) is 11.2. The van der Waals surface area contributed by atoms with Gasteiger partial charge in [-0.05, 0) is 144 Å². The van der Waals surface area contributed by atoms with Crippen LogP contribution in [0.4, 0.5) is 22.7 Å². The molecule has 4 aromatic carbocycles. The van der Waals surface area contributed by atoms with Gasteiger partial charge in [-0.3, -0.25) is 0 Å². The van der Waals surface area contributed by atoms with E-state index >= 15 is 0 Å². The topological polar surface area (TPSA) is 40.7 Å². The summed E-state index contributed by atoms with van der Waals surface area (Å²) in [6.07, 6.45) is 38.9. The molecular formula is C59H62N4O3. The van der Waals surface area contributed by atoms with Crippen LogP contribution < -0.4 is 28.9 Å². The van der Waals surface area contributed by atoms with Gasteiger partial charge < -0.3 is 33.8 Å². The average molecular weight is 875 g/mol. The number of nitrogens with zero attached hydrogens (tertiary/aromatic N) is 4. The lowest BCUT2D eigenvalue weighted by Crippen LogP contribution is -2.34. The molecule has 4 aromatic rings. The molecule has 0 spiro atoms. The molecule has 3 aliphatic rings. The molecule has 0 saturated heterocycles. The summed E-state index contributed by atoms with van der Waals surface area (Å²) < 4.78 is 17.0. The molecule has 66 heavy (non-hydrogen) atoms. The Bertz CT molecular complexity index is 2690. The molecule has 7 nitrogen and oxygen atoms in total. The summed E-state index contributed by atoms with van der Waals surface area (Å²) in [7, 11) is 5.13. The van der Waals surface area contributed by atoms with Crippen molar-refractivity contribution in [3.63, 3.8) is 0 Å². The van der Waals surface area contributed by atoms with Gasteiger partial charge in [-0.15, -0.1) is 0 Å². The molecule has 1 atom stereocenters. The summed E-state index contributed by atoms with van der Waals surface area (Å²) in [5.74, 6) is 2.43. The summed E-state index contributed by atoms with van der Waals surface area (Å²) in [5.41, 5.74) is 11.7. The Hall–Kier alpha value is -7.64. The Labute approximate surface area is 392 Å². The molecule has 0 aromatic heterocycles. The summed E-state index contributed by atoms with van der Waals surface area (Å²) in [5, 5.41) is 0. The zero-order valence-corrected chi connectivity index (χ0v) is 39.2. The Morgan fingerprint density at radius 2 is 1.20 bits per heavy atom. The SMILES string of the molecule is C=C/C=C(\C=C/C)N(/C(C)=C/C=C(\C)N(C1=CCC=C(N(c2ccccc2)c2cccc(OC)c2)C=C1)C1=CCC(N(C2=CCCC=C2)c2cccc(OC)c2)C=C1)c1cccc(OC)c1. The maximum atomic E-state index is 5.69. The highest BCUT2D eigenvalue weighted by molar-refractivity contribution is 5.72. The highest BCUT2D eigenvalue weighted by atomic mass is 16.5. The first-order valence-corrected chi connectivity index (χ1v) is 22.7. The second kappa shape index (κ2) is 22.8. The summed E-state index contributed by atoms with van der Waals surface area (Å²) in [6.45, 7) is 10.4. The van der Waals surface area contributed by atoms with Crippen molar-refractivity contribution in [3.8, 4) is 17.2 Å². The van der Waals surface area contributed by atoms with E-state index in [4.69, 9.17) is 14.2 Å². The number of ether oxygens (including phenoxy) is 3. The van der Waals surface area contributed by atoms with Gasteiger partial charge in [0.1, 0.15) is 17.2 Å². The molecule has 7 heteroatoms. The molecule has 1 unspecified atom stereocenters. The zero-order valence-electron chi connectivity index (χ0n) is 39.2. The van der Waals surface area contributed by atoms with Crippen LogP contribution in [0.5, 0.6) is 17.2 Å². The van der Waals surface area contributed by atoms with Crippen LogP contribution in [0.1, 0.15) is 46.5 Å². The smallest absolute Gasteiger partial charge is 0.120 e. The van der Waals surface area contributed by atoms with Gasteiger partial charge in [0.25, 0.3) is 0 Å². The largest absolute Gasteiger partial charge is 0.497 e. The van der Waals surface area contributed by atoms with Crippen LogP contribution in [-0.4, -0.2) is 32.3 Å². The Balaban J connectivity index is 1.29. The van der Waals surface area contributed by atoms with Crippen LogP contribution in [0.25, 0.3) is 0 Å². The normalized spacial score (nSPS) is 16.4. The third-order valence-corrected chi connectivity index (χ3v) is 11.6. The first-order chi connectivity index (χ1) is 32.3. The molecule has 0 bridgehead atoms. The number of rotatable bonds is 18. The highest BCUT2D eigenvalue weighted by Crippen LogP contribution is 2.37. The number of allylic oxidation sites excluding steroid dienone is 16. The molecule has 0 amide bonds. The molecule has 3 aliphatic carbocycles. The fourth-order valence-electron chi connectivity index (χ4n) is 8.49. The lowest BCUT2D eigenvalue weighted by atomic mass is 10.00.